The summed E-state index contributed by atoms with van der Waals surface area (Å²) in [4.78, 5) is 56.8. The van der Waals surface area contributed by atoms with E-state index in [1.165, 1.54) is 17.0 Å². The molecule has 3 amide bonds. The molecule has 2 aromatic rings. The van der Waals surface area contributed by atoms with Gasteiger partial charge in [0.1, 0.15) is 6.61 Å². The topological polar surface area (TPSA) is 93.2 Å². The van der Waals surface area contributed by atoms with Crippen LogP contribution in [0.3, 0.4) is 0 Å². The van der Waals surface area contributed by atoms with Crippen LogP contribution >= 0.6 is 0 Å². The summed E-state index contributed by atoms with van der Waals surface area (Å²) < 4.78 is 5.39. The molecule has 2 heterocycles. The zero-order valence-electron chi connectivity index (χ0n) is 15.6. The van der Waals surface area contributed by atoms with Crippen molar-refractivity contribution < 1.29 is 28.8 Å². The lowest BCUT2D eigenvalue weighted by atomic mass is 10.1. The average molecular weight is 394 g/mol. The second kappa shape index (κ2) is 7.48. The van der Waals surface area contributed by atoms with Crippen molar-refractivity contribution in [1.82, 2.24) is 9.96 Å². The predicted octanol–water partition coefficient (Wildman–Crippen LogP) is 1.56. The molecular weight excluding hydrogens is 376 g/mol. The number of benzene rings is 2. The van der Waals surface area contributed by atoms with Gasteiger partial charge in [-0.15, -0.1) is 0 Å². The van der Waals surface area contributed by atoms with Crippen LogP contribution in [0.5, 0.6) is 0 Å². The largest absolute Gasteiger partial charge is 0.366 e. The van der Waals surface area contributed by atoms with Gasteiger partial charge in [0.25, 0.3) is 11.8 Å². The van der Waals surface area contributed by atoms with Crippen LogP contribution in [-0.4, -0.2) is 52.4 Å². The summed E-state index contributed by atoms with van der Waals surface area (Å²) in [5, 5.41) is 0.444. The molecule has 0 unspecified atom stereocenters. The van der Waals surface area contributed by atoms with Gasteiger partial charge in [-0.05, 0) is 24.6 Å². The lowest BCUT2D eigenvalue weighted by Crippen LogP contribution is -2.58. The van der Waals surface area contributed by atoms with Crippen molar-refractivity contribution in [2.24, 2.45) is 0 Å². The van der Waals surface area contributed by atoms with Crippen LogP contribution in [-0.2, 0) is 25.7 Å². The summed E-state index contributed by atoms with van der Waals surface area (Å²) in [6, 6.07) is 14.3. The van der Waals surface area contributed by atoms with E-state index in [2.05, 4.69) is 0 Å². The van der Waals surface area contributed by atoms with Gasteiger partial charge in [0.2, 0.25) is 5.91 Å². The third-order valence-corrected chi connectivity index (χ3v) is 4.95. The molecule has 0 radical (unpaired) electrons. The van der Waals surface area contributed by atoms with Gasteiger partial charge in [0.05, 0.1) is 17.2 Å². The third kappa shape index (κ3) is 3.38. The van der Waals surface area contributed by atoms with Gasteiger partial charge in [-0.25, -0.2) is 4.79 Å². The van der Waals surface area contributed by atoms with E-state index in [9.17, 15) is 19.2 Å². The van der Waals surface area contributed by atoms with Crippen LogP contribution in [0, 0.1) is 0 Å². The molecule has 8 heteroatoms. The first kappa shape index (κ1) is 18.8. The Morgan fingerprint density at radius 3 is 2.21 bits per heavy atom. The Bertz CT molecular complexity index is 955. The summed E-state index contributed by atoms with van der Waals surface area (Å²) in [5.41, 5.74) is 1.15. The summed E-state index contributed by atoms with van der Waals surface area (Å²) in [5.74, 6) is -2.72. The van der Waals surface area contributed by atoms with E-state index in [0.29, 0.717) is 5.06 Å². The standard InChI is InChI=1S/C21H18N2O6/c1-13-18(22(17(24)12-28-13)11-14-7-3-2-4-8-14)21(27)29-23-19(25)15-9-5-6-10-16(15)20(23)26/h2-10,13,18H,11-12H2,1H3/t13-,18+/m1/s1. The van der Waals surface area contributed by atoms with Crippen molar-refractivity contribution in [3.63, 3.8) is 0 Å². The van der Waals surface area contributed by atoms with Gasteiger partial charge in [-0.1, -0.05) is 47.5 Å². The second-order valence-electron chi connectivity index (χ2n) is 6.83. The fourth-order valence-electron chi connectivity index (χ4n) is 3.46. The minimum Gasteiger partial charge on any atom is -0.366 e. The molecule has 2 atom stereocenters. The van der Waals surface area contributed by atoms with Gasteiger partial charge < -0.3 is 14.5 Å². The highest BCUT2D eigenvalue weighted by atomic mass is 16.7. The number of carbonyl (C=O) groups is 4. The predicted molar refractivity (Wildman–Crippen MR) is 99.2 cm³/mol. The lowest BCUT2D eigenvalue weighted by Gasteiger charge is -2.38. The minimum atomic E-state index is -1.10. The van der Waals surface area contributed by atoms with E-state index in [0.717, 1.165) is 5.56 Å². The molecule has 1 saturated heterocycles. The maximum absolute atomic E-state index is 12.9. The van der Waals surface area contributed by atoms with Crippen LogP contribution in [0.1, 0.15) is 33.2 Å². The molecular formula is C21H18N2O6. The molecule has 0 spiro atoms. The molecule has 0 N–H and O–H groups in total. The molecule has 29 heavy (non-hydrogen) atoms. The first-order valence-corrected chi connectivity index (χ1v) is 9.12. The molecule has 1 fully saturated rings. The van der Waals surface area contributed by atoms with Crippen molar-refractivity contribution in [2.75, 3.05) is 6.61 Å². The van der Waals surface area contributed by atoms with Crippen molar-refractivity contribution in [3.05, 3.63) is 71.3 Å². The highest BCUT2D eigenvalue weighted by Gasteiger charge is 2.45. The Kier molecular flexibility index (Phi) is 4.85. The highest BCUT2D eigenvalue weighted by Crippen LogP contribution is 2.25. The number of carbonyl (C=O) groups excluding carboxylic acids is 4. The Balaban J connectivity index is 1.56. The number of rotatable bonds is 4. The molecule has 2 aliphatic heterocycles. The van der Waals surface area contributed by atoms with Gasteiger partial charge >= 0.3 is 5.97 Å². The third-order valence-electron chi connectivity index (χ3n) is 4.95. The van der Waals surface area contributed by atoms with E-state index in [4.69, 9.17) is 9.57 Å². The van der Waals surface area contributed by atoms with Crippen LogP contribution in [0.2, 0.25) is 0 Å². The number of imide groups is 1. The molecule has 0 aromatic heterocycles. The Morgan fingerprint density at radius 2 is 1.59 bits per heavy atom. The SMILES string of the molecule is C[C@H]1OCC(=O)N(Cc2ccccc2)[C@@H]1C(=O)ON1C(=O)c2ccccc2C1=O. The average Bonchev–Trinajstić information content (AvgIpc) is 2.97. The highest BCUT2D eigenvalue weighted by molar-refractivity contribution is 6.21. The first-order chi connectivity index (χ1) is 14.0. The number of fused-ring (bicyclic) bond motifs is 1. The number of morpholine rings is 1. The van der Waals surface area contributed by atoms with Crippen LogP contribution in [0.15, 0.2) is 54.6 Å². The van der Waals surface area contributed by atoms with Crippen molar-refractivity contribution in [2.45, 2.75) is 25.6 Å². The summed E-state index contributed by atoms with van der Waals surface area (Å²) in [6.45, 7) is 1.65. The summed E-state index contributed by atoms with van der Waals surface area (Å²) in [6.07, 6.45) is -0.668. The zero-order chi connectivity index (χ0) is 20.5. The number of hydroxylamine groups is 2. The van der Waals surface area contributed by atoms with Gasteiger partial charge in [0, 0.05) is 6.54 Å². The first-order valence-electron chi connectivity index (χ1n) is 9.12. The Labute approximate surface area is 166 Å². The molecule has 0 bridgehead atoms. The maximum Gasteiger partial charge on any atom is 0.358 e. The molecule has 0 aliphatic carbocycles. The molecule has 148 valence electrons. The van der Waals surface area contributed by atoms with Crippen LogP contribution in [0.25, 0.3) is 0 Å². The quantitative estimate of drug-likeness (QED) is 0.731. The number of nitrogens with zero attached hydrogens (tertiary/aromatic N) is 2. The fraction of sp³-hybridized carbons (Fsp3) is 0.238. The van der Waals surface area contributed by atoms with E-state index < -0.39 is 29.9 Å². The van der Waals surface area contributed by atoms with E-state index in [1.807, 2.05) is 30.3 Å². The monoisotopic (exact) mass is 394 g/mol. The van der Waals surface area contributed by atoms with E-state index in [1.54, 1.807) is 19.1 Å². The van der Waals surface area contributed by atoms with Crippen molar-refractivity contribution >= 4 is 23.7 Å². The van der Waals surface area contributed by atoms with E-state index in [-0.39, 0.29) is 30.2 Å². The second-order valence-corrected chi connectivity index (χ2v) is 6.83. The molecule has 2 aliphatic rings. The number of amides is 3. The Morgan fingerprint density at radius 1 is 1.00 bits per heavy atom. The van der Waals surface area contributed by atoms with Gasteiger partial charge in [-0.3, -0.25) is 14.4 Å². The van der Waals surface area contributed by atoms with Crippen molar-refractivity contribution in [1.29, 1.82) is 0 Å². The molecule has 2 aromatic carbocycles. The van der Waals surface area contributed by atoms with Gasteiger partial charge in [-0.2, -0.15) is 0 Å². The van der Waals surface area contributed by atoms with E-state index >= 15 is 0 Å². The maximum atomic E-state index is 12.9. The van der Waals surface area contributed by atoms with Crippen LogP contribution in [0.4, 0.5) is 0 Å². The smallest absolute Gasteiger partial charge is 0.358 e. The lowest BCUT2D eigenvalue weighted by molar-refractivity contribution is -0.190. The molecule has 0 saturated carbocycles. The minimum absolute atomic E-state index is 0.162. The molecule has 4 rings (SSSR count). The van der Waals surface area contributed by atoms with Gasteiger partial charge in [0.15, 0.2) is 6.04 Å². The normalized spacial score (nSPS) is 21.3. The molecule has 8 nitrogen and oxygen atoms in total. The zero-order valence-corrected chi connectivity index (χ0v) is 15.6. The summed E-state index contributed by atoms with van der Waals surface area (Å²) >= 11 is 0. The van der Waals surface area contributed by atoms with Crippen LogP contribution < -0.4 is 0 Å². The van der Waals surface area contributed by atoms with Crippen molar-refractivity contribution in [3.8, 4) is 0 Å². The summed E-state index contributed by atoms with van der Waals surface area (Å²) in [7, 11) is 0. The Hall–Kier alpha value is -3.52. The number of hydrogen-bond acceptors (Lipinski definition) is 6. The fourth-order valence-corrected chi connectivity index (χ4v) is 3.46. The number of hydrogen-bond donors (Lipinski definition) is 0. The number of ether oxygens (including phenoxy) is 1.